The first-order valence-corrected chi connectivity index (χ1v) is 6.32. The lowest BCUT2D eigenvalue weighted by atomic mass is 10.3. The van der Waals surface area contributed by atoms with Crippen molar-refractivity contribution in [2.45, 2.75) is 0 Å². The van der Waals surface area contributed by atoms with Gasteiger partial charge in [-0.25, -0.2) is 0 Å². The monoisotopic (exact) mass is 261 g/mol. The SMILES string of the molecule is O=S1OCCN(c2ccc(Cl)cc2)CCO1. The molecule has 0 N–H and O–H groups in total. The minimum absolute atomic E-state index is 0.384. The minimum Gasteiger partial charge on any atom is -0.367 e. The first-order chi connectivity index (χ1) is 7.75. The van der Waals surface area contributed by atoms with Gasteiger partial charge < -0.3 is 4.90 Å². The van der Waals surface area contributed by atoms with E-state index in [1.807, 2.05) is 24.3 Å². The van der Waals surface area contributed by atoms with Crippen LogP contribution in [0.4, 0.5) is 5.69 Å². The summed E-state index contributed by atoms with van der Waals surface area (Å²) < 4.78 is 20.8. The summed E-state index contributed by atoms with van der Waals surface area (Å²) in [5.74, 6) is 0. The van der Waals surface area contributed by atoms with E-state index in [0.29, 0.717) is 31.3 Å². The van der Waals surface area contributed by atoms with Gasteiger partial charge in [-0.2, -0.15) is 4.21 Å². The Kier molecular flexibility index (Phi) is 4.17. The maximum absolute atomic E-state index is 11.0. The second-order valence-electron chi connectivity index (χ2n) is 3.31. The molecule has 0 bridgehead atoms. The summed E-state index contributed by atoms with van der Waals surface area (Å²) in [6.45, 7) is 2.15. The maximum Gasteiger partial charge on any atom is 0.304 e. The highest BCUT2D eigenvalue weighted by Gasteiger charge is 2.12. The first kappa shape index (κ1) is 11.9. The Bertz CT molecular complexity index is 359. The van der Waals surface area contributed by atoms with Gasteiger partial charge in [-0.3, -0.25) is 8.37 Å². The van der Waals surface area contributed by atoms with E-state index in [-0.39, 0.29) is 0 Å². The lowest BCUT2D eigenvalue weighted by molar-refractivity contribution is 0.239. The predicted molar refractivity (Wildman–Crippen MR) is 63.7 cm³/mol. The molecule has 0 atom stereocenters. The highest BCUT2D eigenvalue weighted by Crippen LogP contribution is 2.18. The third-order valence-electron chi connectivity index (χ3n) is 2.27. The molecule has 0 spiro atoms. The van der Waals surface area contributed by atoms with E-state index in [1.165, 1.54) is 0 Å². The molecule has 0 amide bonds. The van der Waals surface area contributed by atoms with Crippen LogP contribution in [0.15, 0.2) is 24.3 Å². The van der Waals surface area contributed by atoms with Crippen molar-refractivity contribution >= 4 is 28.6 Å². The number of nitrogens with zero attached hydrogens (tertiary/aromatic N) is 1. The highest BCUT2D eigenvalue weighted by molar-refractivity contribution is 7.75. The van der Waals surface area contributed by atoms with Crippen LogP contribution in [0.3, 0.4) is 0 Å². The molecule has 1 heterocycles. The standard InChI is InChI=1S/C10H12ClNO3S/c11-9-1-3-10(4-2-9)12-5-7-14-16(13)15-8-6-12/h1-4H,5-8H2. The second kappa shape index (κ2) is 5.63. The molecule has 1 aromatic carbocycles. The van der Waals surface area contributed by atoms with Gasteiger partial charge in [0.2, 0.25) is 0 Å². The van der Waals surface area contributed by atoms with Gasteiger partial charge in [-0.05, 0) is 24.3 Å². The Morgan fingerprint density at radius 3 is 2.25 bits per heavy atom. The van der Waals surface area contributed by atoms with Gasteiger partial charge in [-0.1, -0.05) is 11.6 Å². The summed E-state index contributed by atoms with van der Waals surface area (Å²) in [4.78, 5) is 2.10. The number of benzene rings is 1. The summed E-state index contributed by atoms with van der Waals surface area (Å²) in [5, 5.41) is 0.712. The van der Waals surface area contributed by atoms with Crippen molar-refractivity contribution in [3.05, 3.63) is 29.3 Å². The zero-order valence-corrected chi connectivity index (χ0v) is 10.2. The molecular weight excluding hydrogens is 250 g/mol. The van der Waals surface area contributed by atoms with Gasteiger partial charge in [0, 0.05) is 23.8 Å². The molecule has 6 heteroatoms. The van der Waals surface area contributed by atoms with Crippen LogP contribution in [-0.4, -0.2) is 30.5 Å². The van der Waals surface area contributed by atoms with Gasteiger partial charge in [0.25, 0.3) is 0 Å². The molecule has 0 unspecified atom stereocenters. The van der Waals surface area contributed by atoms with E-state index in [9.17, 15) is 4.21 Å². The van der Waals surface area contributed by atoms with Crippen molar-refractivity contribution in [1.29, 1.82) is 0 Å². The molecule has 0 aromatic heterocycles. The van der Waals surface area contributed by atoms with Gasteiger partial charge in [0.1, 0.15) is 0 Å². The van der Waals surface area contributed by atoms with Crippen molar-refractivity contribution < 1.29 is 12.6 Å². The lowest BCUT2D eigenvalue weighted by Gasteiger charge is -2.26. The van der Waals surface area contributed by atoms with Gasteiger partial charge in [-0.15, -0.1) is 0 Å². The summed E-state index contributed by atoms with van der Waals surface area (Å²) in [6, 6.07) is 7.58. The fourth-order valence-electron chi connectivity index (χ4n) is 1.49. The van der Waals surface area contributed by atoms with E-state index in [1.54, 1.807) is 0 Å². The first-order valence-electron chi connectivity index (χ1n) is 4.94. The van der Waals surface area contributed by atoms with Crippen molar-refractivity contribution in [3.63, 3.8) is 0 Å². The van der Waals surface area contributed by atoms with Gasteiger partial charge >= 0.3 is 11.4 Å². The van der Waals surface area contributed by atoms with Crippen LogP contribution in [0.25, 0.3) is 0 Å². The highest BCUT2D eigenvalue weighted by atomic mass is 35.5. The van der Waals surface area contributed by atoms with Crippen LogP contribution in [0, 0.1) is 0 Å². The molecule has 0 radical (unpaired) electrons. The van der Waals surface area contributed by atoms with Crippen molar-refractivity contribution in [2.24, 2.45) is 0 Å². The fourth-order valence-corrected chi connectivity index (χ4v) is 2.10. The quantitative estimate of drug-likeness (QED) is 0.772. The zero-order valence-electron chi connectivity index (χ0n) is 8.60. The molecule has 1 aromatic rings. The summed E-state index contributed by atoms with van der Waals surface area (Å²) in [5.41, 5.74) is 1.06. The van der Waals surface area contributed by atoms with Crippen molar-refractivity contribution in [1.82, 2.24) is 0 Å². The van der Waals surface area contributed by atoms with Crippen LogP contribution in [0.1, 0.15) is 0 Å². The zero-order chi connectivity index (χ0) is 11.4. The Balaban J connectivity index is 2.03. The van der Waals surface area contributed by atoms with E-state index < -0.39 is 11.4 Å². The van der Waals surface area contributed by atoms with E-state index >= 15 is 0 Å². The number of halogens is 1. The molecule has 1 aliphatic heterocycles. The van der Waals surface area contributed by atoms with Crippen LogP contribution in [-0.2, 0) is 19.7 Å². The lowest BCUT2D eigenvalue weighted by Crippen LogP contribution is -2.33. The molecule has 88 valence electrons. The third kappa shape index (κ3) is 3.18. The van der Waals surface area contributed by atoms with Gasteiger partial charge in [0.05, 0.1) is 13.2 Å². The fraction of sp³-hybridized carbons (Fsp3) is 0.400. The number of hydrogen-bond acceptors (Lipinski definition) is 4. The normalized spacial score (nSPS) is 19.2. The number of anilines is 1. The average Bonchev–Trinajstić information content (AvgIpc) is 2.25. The number of hydrogen-bond donors (Lipinski definition) is 0. The third-order valence-corrected chi connectivity index (χ3v) is 3.24. The van der Waals surface area contributed by atoms with E-state index in [2.05, 4.69) is 4.90 Å². The average molecular weight is 262 g/mol. The summed E-state index contributed by atoms with van der Waals surface area (Å²) in [7, 11) is 0. The van der Waals surface area contributed by atoms with Crippen LogP contribution in [0.5, 0.6) is 0 Å². The number of rotatable bonds is 1. The minimum atomic E-state index is -1.59. The Morgan fingerprint density at radius 2 is 1.69 bits per heavy atom. The molecule has 0 aliphatic carbocycles. The second-order valence-corrected chi connectivity index (χ2v) is 4.63. The molecule has 2 rings (SSSR count). The maximum atomic E-state index is 11.0. The topological polar surface area (TPSA) is 38.8 Å². The van der Waals surface area contributed by atoms with Crippen molar-refractivity contribution in [3.8, 4) is 0 Å². The van der Waals surface area contributed by atoms with E-state index in [0.717, 1.165) is 5.69 Å². The Labute approximate surface area is 102 Å². The molecule has 1 saturated heterocycles. The Morgan fingerprint density at radius 1 is 1.12 bits per heavy atom. The smallest absolute Gasteiger partial charge is 0.304 e. The molecule has 16 heavy (non-hydrogen) atoms. The largest absolute Gasteiger partial charge is 0.367 e. The molecule has 1 aliphatic rings. The van der Waals surface area contributed by atoms with Crippen LogP contribution >= 0.6 is 11.6 Å². The molecule has 4 nitrogen and oxygen atoms in total. The Hall–Kier alpha value is -0.620. The van der Waals surface area contributed by atoms with Crippen molar-refractivity contribution in [2.75, 3.05) is 31.2 Å². The predicted octanol–water partition coefficient (Wildman–Crippen LogP) is 1.77. The summed E-state index contributed by atoms with van der Waals surface area (Å²) in [6.07, 6.45) is 0. The van der Waals surface area contributed by atoms with Gasteiger partial charge in [0.15, 0.2) is 0 Å². The molecule has 0 saturated carbocycles. The molecule has 1 fully saturated rings. The summed E-state index contributed by atoms with van der Waals surface area (Å²) >= 11 is 4.23. The molecular formula is C10H12ClNO3S. The van der Waals surface area contributed by atoms with Crippen LogP contribution < -0.4 is 4.90 Å². The van der Waals surface area contributed by atoms with Crippen LogP contribution in [0.2, 0.25) is 5.02 Å². The van der Waals surface area contributed by atoms with E-state index in [4.69, 9.17) is 20.0 Å².